The van der Waals surface area contributed by atoms with Gasteiger partial charge in [-0.25, -0.2) is 0 Å². The monoisotopic (exact) mass is 603 g/mol. The van der Waals surface area contributed by atoms with Crippen LogP contribution in [0.4, 0.5) is 17.1 Å². The molecule has 0 amide bonds. The Hall–Kier alpha value is -5.86. The number of furan rings is 1. The minimum Gasteiger partial charge on any atom is -0.456 e. The summed E-state index contributed by atoms with van der Waals surface area (Å²) in [5.74, 6) is 0. The summed E-state index contributed by atoms with van der Waals surface area (Å²) in [6.07, 6.45) is 0. The second-order valence-corrected chi connectivity index (χ2v) is 13.0. The van der Waals surface area contributed by atoms with Crippen LogP contribution in [0.1, 0.15) is 25.0 Å². The van der Waals surface area contributed by atoms with E-state index in [1.54, 1.807) is 0 Å². The average Bonchev–Trinajstić information content (AvgIpc) is 3.61. The van der Waals surface area contributed by atoms with Crippen LogP contribution < -0.4 is 4.90 Å². The Morgan fingerprint density at radius 1 is 0.426 bits per heavy atom. The van der Waals surface area contributed by atoms with Crippen LogP contribution in [0.2, 0.25) is 0 Å². The average molecular weight is 604 g/mol. The smallest absolute Gasteiger partial charge is 0.135 e. The number of benzene rings is 7. The van der Waals surface area contributed by atoms with Crippen LogP contribution in [0.5, 0.6) is 0 Å². The van der Waals surface area contributed by atoms with Gasteiger partial charge in [0.2, 0.25) is 0 Å². The fourth-order valence-corrected chi connectivity index (χ4v) is 7.51. The molecule has 1 aliphatic rings. The lowest BCUT2D eigenvalue weighted by Crippen LogP contribution is -2.14. The quantitative estimate of drug-likeness (QED) is 0.195. The Balaban J connectivity index is 1.15. The zero-order valence-corrected chi connectivity index (χ0v) is 26.4. The Bertz CT molecular complexity index is 2430. The second kappa shape index (κ2) is 10.6. The van der Waals surface area contributed by atoms with Crippen LogP contribution in [-0.2, 0) is 5.41 Å². The van der Waals surface area contributed by atoms with Crippen LogP contribution in [0.25, 0.3) is 55.3 Å². The van der Waals surface area contributed by atoms with Gasteiger partial charge in [0.25, 0.3) is 0 Å². The molecule has 9 rings (SSSR count). The predicted molar refractivity (Wildman–Crippen MR) is 197 cm³/mol. The van der Waals surface area contributed by atoms with Crippen molar-refractivity contribution >= 4 is 39.0 Å². The molecule has 2 nitrogen and oxygen atoms in total. The third kappa shape index (κ3) is 4.40. The highest BCUT2D eigenvalue weighted by molar-refractivity contribution is 6.06. The van der Waals surface area contributed by atoms with E-state index in [1.165, 1.54) is 44.5 Å². The molecule has 0 bridgehead atoms. The molecule has 1 aromatic heterocycles. The topological polar surface area (TPSA) is 16.4 Å². The molecule has 0 atom stereocenters. The van der Waals surface area contributed by atoms with Crippen molar-refractivity contribution in [2.75, 3.05) is 4.90 Å². The zero-order valence-electron chi connectivity index (χ0n) is 26.4. The van der Waals surface area contributed by atoms with Crippen molar-refractivity contribution in [2.45, 2.75) is 19.3 Å². The summed E-state index contributed by atoms with van der Waals surface area (Å²) in [6.45, 7) is 4.67. The van der Waals surface area contributed by atoms with E-state index in [2.05, 4.69) is 170 Å². The Labute approximate surface area is 275 Å². The Morgan fingerprint density at radius 2 is 1.04 bits per heavy atom. The molecule has 0 saturated carbocycles. The lowest BCUT2D eigenvalue weighted by molar-refractivity contribution is 0.660. The standard InChI is InChI=1S/C45H33NO/c1-45(2)40-17-9-6-15-36(40)38-29-32(22-26-41(38)45)35-14-7-10-18-42(35)46(33-12-4-3-5-13-33)34-24-20-30(21-25-34)31-23-27-44-39(28-31)37-16-8-11-19-43(37)47-44/h3-29H,1-2H3. The number of para-hydroxylation sites is 3. The molecule has 8 aromatic rings. The molecule has 1 aliphatic carbocycles. The summed E-state index contributed by atoms with van der Waals surface area (Å²) < 4.78 is 6.08. The van der Waals surface area contributed by atoms with Gasteiger partial charge in [-0.2, -0.15) is 0 Å². The summed E-state index contributed by atoms with van der Waals surface area (Å²) >= 11 is 0. The van der Waals surface area contributed by atoms with Gasteiger partial charge in [-0.05, 0) is 93.5 Å². The number of nitrogens with zero attached hydrogens (tertiary/aromatic N) is 1. The Morgan fingerprint density at radius 3 is 1.89 bits per heavy atom. The minimum atomic E-state index is -0.0168. The van der Waals surface area contributed by atoms with Gasteiger partial charge in [0.1, 0.15) is 11.2 Å². The van der Waals surface area contributed by atoms with Crippen molar-refractivity contribution in [3.63, 3.8) is 0 Å². The molecule has 0 radical (unpaired) electrons. The van der Waals surface area contributed by atoms with E-state index < -0.39 is 0 Å². The third-order valence-electron chi connectivity index (χ3n) is 9.89. The Kier molecular flexibility index (Phi) is 6.20. The number of hydrogen-bond donors (Lipinski definition) is 0. The van der Waals surface area contributed by atoms with Crippen molar-refractivity contribution in [3.05, 3.63) is 175 Å². The van der Waals surface area contributed by atoms with Crippen LogP contribution in [0.15, 0.2) is 168 Å². The van der Waals surface area contributed by atoms with Crippen LogP contribution in [0.3, 0.4) is 0 Å². The minimum absolute atomic E-state index is 0.0168. The maximum Gasteiger partial charge on any atom is 0.135 e. The van der Waals surface area contributed by atoms with E-state index in [9.17, 15) is 0 Å². The van der Waals surface area contributed by atoms with Gasteiger partial charge in [-0.3, -0.25) is 0 Å². The molecule has 0 fully saturated rings. The van der Waals surface area contributed by atoms with Crippen molar-refractivity contribution in [2.24, 2.45) is 0 Å². The molecule has 0 N–H and O–H groups in total. The van der Waals surface area contributed by atoms with Crippen LogP contribution in [-0.4, -0.2) is 0 Å². The lowest BCUT2D eigenvalue weighted by Gasteiger charge is -2.28. The highest BCUT2D eigenvalue weighted by Crippen LogP contribution is 2.50. The highest BCUT2D eigenvalue weighted by atomic mass is 16.3. The molecule has 0 unspecified atom stereocenters. The van der Waals surface area contributed by atoms with Crippen molar-refractivity contribution in [3.8, 4) is 33.4 Å². The van der Waals surface area contributed by atoms with Gasteiger partial charge in [0.15, 0.2) is 0 Å². The van der Waals surface area contributed by atoms with Gasteiger partial charge < -0.3 is 9.32 Å². The first-order valence-electron chi connectivity index (χ1n) is 16.3. The van der Waals surface area contributed by atoms with E-state index in [0.29, 0.717) is 0 Å². The summed E-state index contributed by atoms with van der Waals surface area (Å²) in [5, 5.41) is 2.29. The first kappa shape index (κ1) is 27.5. The first-order chi connectivity index (χ1) is 23.1. The molecule has 0 aliphatic heterocycles. The number of anilines is 3. The fourth-order valence-electron chi connectivity index (χ4n) is 7.51. The molecular weight excluding hydrogens is 571 g/mol. The summed E-state index contributed by atoms with van der Waals surface area (Å²) in [7, 11) is 0. The predicted octanol–water partition coefficient (Wildman–Crippen LogP) is 12.7. The second-order valence-electron chi connectivity index (χ2n) is 13.0. The molecule has 2 heteroatoms. The zero-order chi connectivity index (χ0) is 31.5. The molecule has 0 saturated heterocycles. The molecule has 0 spiro atoms. The van der Waals surface area contributed by atoms with Crippen LogP contribution >= 0.6 is 0 Å². The normalized spacial score (nSPS) is 13.1. The number of fused-ring (bicyclic) bond motifs is 6. The third-order valence-corrected chi connectivity index (χ3v) is 9.89. The number of hydrogen-bond acceptors (Lipinski definition) is 2. The van der Waals surface area contributed by atoms with Gasteiger partial charge in [-0.1, -0.05) is 123 Å². The largest absolute Gasteiger partial charge is 0.456 e. The molecule has 47 heavy (non-hydrogen) atoms. The molecule has 224 valence electrons. The van der Waals surface area contributed by atoms with E-state index in [1.807, 2.05) is 12.1 Å². The van der Waals surface area contributed by atoms with Gasteiger partial charge in [0.05, 0.1) is 5.69 Å². The van der Waals surface area contributed by atoms with E-state index in [0.717, 1.165) is 39.0 Å². The lowest BCUT2D eigenvalue weighted by atomic mass is 9.82. The fraction of sp³-hybridized carbons (Fsp3) is 0.0667. The van der Waals surface area contributed by atoms with Crippen molar-refractivity contribution in [1.29, 1.82) is 0 Å². The van der Waals surface area contributed by atoms with Crippen LogP contribution in [0, 0.1) is 0 Å². The molecular formula is C45H33NO. The highest BCUT2D eigenvalue weighted by Gasteiger charge is 2.35. The molecule has 1 heterocycles. The van der Waals surface area contributed by atoms with Gasteiger partial charge in [0, 0.05) is 33.1 Å². The van der Waals surface area contributed by atoms with E-state index in [4.69, 9.17) is 4.42 Å². The van der Waals surface area contributed by atoms with Gasteiger partial charge >= 0.3 is 0 Å². The maximum atomic E-state index is 6.08. The molecule has 7 aromatic carbocycles. The summed E-state index contributed by atoms with van der Waals surface area (Å²) in [6, 6.07) is 59.0. The van der Waals surface area contributed by atoms with E-state index >= 15 is 0 Å². The summed E-state index contributed by atoms with van der Waals surface area (Å²) in [4.78, 5) is 2.37. The van der Waals surface area contributed by atoms with E-state index in [-0.39, 0.29) is 5.41 Å². The maximum absolute atomic E-state index is 6.08. The first-order valence-corrected chi connectivity index (χ1v) is 16.3. The van der Waals surface area contributed by atoms with Crippen molar-refractivity contribution in [1.82, 2.24) is 0 Å². The number of rotatable bonds is 5. The van der Waals surface area contributed by atoms with Gasteiger partial charge in [-0.15, -0.1) is 0 Å². The SMILES string of the molecule is CC1(C)c2ccccc2-c2cc(-c3ccccc3N(c3ccccc3)c3ccc(-c4ccc5oc6ccccc6c5c4)cc3)ccc21. The summed E-state index contributed by atoms with van der Waals surface area (Å²) in [5.41, 5.74) is 15.4. The van der Waals surface area contributed by atoms with Crippen molar-refractivity contribution < 1.29 is 4.42 Å².